The van der Waals surface area contributed by atoms with E-state index in [-0.39, 0.29) is 17.0 Å². The molecule has 2 heterocycles. The standard InChI is InChI=1S/C29H28N8O4/c1-40-22-12-21(13-23(14-22)41-2)34-26-24(25(31)38)27-32-8-9-37(27)29(36-26)33-16-18-4-3-5-20(11-18)35-28(39)19(15-30)10-17-6-7-17/h3-5,8-14,17,34H,6-7,16H2,1-2H3,(H2,31,38)(H,33,36)(H,35,39)/b19-10-. The van der Waals surface area contributed by atoms with Crippen LogP contribution in [0, 0.1) is 17.2 Å². The third-order valence-corrected chi connectivity index (χ3v) is 6.43. The van der Waals surface area contributed by atoms with E-state index in [0.29, 0.717) is 46.9 Å². The Hall–Kier alpha value is -5.57. The molecule has 2 aromatic heterocycles. The third-order valence-electron chi connectivity index (χ3n) is 6.43. The number of amides is 2. The molecular formula is C29H28N8O4. The summed E-state index contributed by atoms with van der Waals surface area (Å²) in [6.07, 6.45) is 6.95. The molecule has 5 rings (SSSR count). The summed E-state index contributed by atoms with van der Waals surface area (Å²) in [6, 6.07) is 14.4. The number of allylic oxidation sites excluding steroid dienone is 1. The van der Waals surface area contributed by atoms with Gasteiger partial charge in [0, 0.05) is 48.5 Å². The molecular weight excluding hydrogens is 524 g/mol. The van der Waals surface area contributed by atoms with Gasteiger partial charge in [-0.25, -0.2) is 4.98 Å². The maximum absolute atomic E-state index is 12.6. The molecule has 0 aliphatic heterocycles. The Balaban J connectivity index is 1.40. The Bertz CT molecular complexity index is 1680. The van der Waals surface area contributed by atoms with Crippen LogP contribution in [-0.2, 0) is 11.3 Å². The molecule has 0 atom stereocenters. The number of methoxy groups -OCH3 is 2. The number of fused-ring (bicyclic) bond motifs is 1. The lowest BCUT2D eigenvalue weighted by Gasteiger charge is -2.16. The lowest BCUT2D eigenvalue weighted by Crippen LogP contribution is -2.18. The lowest BCUT2D eigenvalue weighted by atomic mass is 10.1. The van der Waals surface area contributed by atoms with Crippen molar-refractivity contribution >= 4 is 40.6 Å². The molecule has 12 nitrogen and oxygen atoms in total. The number of aromatic nitrogens is 3. The van der Waals surface area contributed by atoms with E-state index in [0.717, 1.165) is 18.4 Å². The second-order valence-corrected chi connectivity index (χ2v) is 9.41. The number of carbonyl (C=O) groups is 2. The van der Waals surface area contributed by atoms with Crippen molar-refractivity contribution in [2.24, 2.45) is 11.7 Å². The highest BCUT2D eigenvalue weighted by molar-refractivity contribution is 6.06. The predicted molar refractivity (Wildman–Crippen MR) is 153 cm³/mol. The summed E-state index contributed by atoms with van der Waals surface area (Å²) in [6.45, 7) is 0.329. The predicted octanol–water partition coefficient (Wildman–Crippen LogP) is 4.00. The molecule has 1 aliphatic rings. The monoisotopic (exact) mass is 552 g/mol. The summed E-state index contributed by atoms with van der Waals surface area (Å²) in [5, 5.41) is 18.6. The van der Waals surface area contributed by atoms with Crippen molar-refractivity contribution in [2.75, 3.05) is 30.2 Å². The Morgan fingerprint density at radius 2 is 1.90 bits per heavy atom. The van der Waals surface area contributed by atoms with Crippen LogP contribution in [0.1, 0.15) is 28.8 Å². The SMILES string of the molecule is COc1cc(Nc2nc(NCc3cccc(NC(=O)/C(C#N)=C\C4CC4)c3)n3ccnc3c2C(N)=O)cc(OC)c1. The van der Waals surface area contributed by atoms with Crippen LogP contribution in [0.4, 0.5) is 23.1 Å². The maximum Gasteiger partial charge on any atom is 0.265 e. The molecule has 4 aromatic rings. The molecule has 1 aliphatic carbocycles. The number of imidazole rings is 1. The molecule has 1 saturated carbocycles. The molecule has 2 aromatic carbocycles. The molecule has 0 bridgehead atoms. The Morgan fingerprint density at radius 3 is 2.56 bits per heavy atom. The van der Waals surface area contributed by atoms with E-state index < -0.39 is 11.8 Å². The van der Waals surface area contributed by atoms with E-state index >= 15 is 0 Å². The molecule has 2 amide bonds. The molecule has 0 radical (unpaired) electrons. The molecule has 0 spiro atoms. The number of nitrogens with two attached hydrogens (primary N) is 1. The van der Waals surface area contributed by atoms with Crippen LogP contribution in [-0.4, -0.2) is 40.4 Å². The zero-order valence-electron chi connectivity index (χ0n) is 22.5. The van der Waals surface area contributed by atoms with Crippen molar-refractivity contribution in [3.8, 4) is 17.6 Å². The summed E-state index contributed by atoms with van der Waals surface area (Å²) >= 11 is 0. The number of hydrogen-bond acceptors (Lipinski definition) is 9. The minimum atomic E-state index is -0.700. The Morgan fingerprint density at radius 1 is 1.15 bits per heavy atom. The van der Waals surface area contributed by atoms with Crippen molar-refractivity contribution in [1.82, 2.24) is 14.4 Å². The average molecular weight is 553 g/mol. The summed E-state index contributed by atoms with van der Waals surface area (Å²) in [7, 11) is 3.08. The van der Waals surface area contributed by atoms with Gasteiger partial charge in [-0.15, -0.1) is 0 Å². The first-order valence-corrected chi connectivity index (χ1v) is 12.8. The second kappa shape index (κ2) is 11.7. The number of rotatable bonds is 11. The fourth-order valence-corrected chi connectivity index (χ4v) is 4.24. The van der Waals surface area contributed by atoms with Gasteiger partial charge in [-0.3, -0.25) is 14.0 Å². The number of benzene rings is 2. The second-order valence-electron chi connectivity index (χ2n) is 9.41. The van der Waals surface area contributed by atoms with Crippen LogP contribution in [0.3, 0.4) is 0 Å². The third kappa shape index (κ3) is 6.20. The van der Waals surface area contributed by atoms with E-state index in [1.807, 2.05) is 24.3 Å². The van der Waals surface area contributed by atoms with Gasteiger partial charge >= 0.3 is 0 Å². The summed E-state index contributed by atoms with van der Waals surface area (Å²) in [4.78, 5) is 34.0. The molecule has 41 heavy (non-hydrogen) atoms. The van der Waals surface area contributed by atoms with Crippen LogP contribution in [0.25, 0.3) is 5.65 Å². The molecule has 1 fully saturated rings. The van der Waals surface area contributed by atoms with Gasteiger partial charge in [0.25, 0.3) is 11.8 Å². The van der Waals surface area contributed by atoms with Gasteiger partial charge in [0.05, 0.1) is 14.2 Å². The zero-order chi connectivity index (χ0) is 28.9. The number of nitriles is 1. The van der Waals surface area contributed by atoms with E-state index in [4.69, 9.17) is 15.2 Å². The van der Waals surface area contributed by atoms with Gasteiger partial charge in [0.2, 0.25) is 5.95 Å². The molecule has 12 heteroatoms. The van der Waals surface area contributed by atoms with Crippen LogP contribution >= 0.6 is 0 Å². The molecule has 0 saturated heterocycles. The summed E-state index contributed by atoms with van der Waals surface area (Å²) in [5.41, 5.74) is 8.25. The van der Waals surface area contributed by atoms with Gasteiger partial charge < -0.3 is 31.2 Å². The number of hydrogen-bond donors (Lipinski definition) is 4. The minimum absolute atomic E-state index is 0.111. The van der Waals surface area contributed by atoms with Crippen LogP contribution in [0.2, 0.25) is 0 Å². The zero-order valence-corrected chi connectivity index (χ0v) is 22.5. The van der Waals surface area contributed by atoms with Gasteiger partial charge in [-0.2, -0.15) is 10.2 Å². The van der Waals surface area contributed by atoms with Crippen molar-refractivity contribution in [3.63, 3.8) is 0 Å². The minimum Gasteiger partial charge on any atom is -0.497 e. The normalized spacial score (nSPS) is 12.9. The number of ether oxygens (including phenoxy) is 2. The Kier molecular flexibility index (Phi) is 7.69. The first-order chi connectivity index (χ1) is 19.9. The maximum atomic E-state index is 12.6. The van der Waals surface area contributed by atoms with Crippen molar-refractivity contribution in [1.29, 1.82) is 5.26 Å². The summed E-state index contributed by atoms with van der Waals surface area (Å²) in [5.74, 6) is 0.862. The van der Waals surface area contributed by atoms with Crippen LogP contribution in [0.5, 0.6) is 11.5 Å². The van der Waals surface area contributed by atoms with Crippen molar-refractivity contribution in [3.05, 3.63) is 77.6 Å². The van der Waals surface area contributed by atoms with Gasteiger partial charge in [0.15, 0.2) is 11.5 Å². The first kappa shape index (κ1) is 27.0. The van der Waals surface area contributed by atoms with Crippen molar-refractivity contribution in [2.45, 2.75) is 19.4 Å². The largest absolute Gasteiger partial charge is 0.497 e. The lowest BCUT2D eigenvalue weighted by molar-refractivity contribution is -0.112. The number of nitrogens with one attached hydrogen (secondary N) is 3. The summed E-state index contributed by atoms with van der Waals surface area (Å²) < 4.78 is 12.3. The van der Waals surface area contributed by atoms with E-state index in [1.165, 1.54) is 14.2 Å². The number of nitrogens with zero attached hydrogens (tertiary/aromatic N) is 4. The highest BCUT2D eigenvalue weighted by Crippen LogP contribution is 2.32. The van der Waals surface area contributed by atoms with E-state index in [2.05, 4.69) is 25.9 Å². The Labute approximate surface area is 235 Å². The molecule has 5 N–H and O–H groups in total. The van der Waals surface area contributed by atoms with Crippen LogP contribution < -0.4 is 31.2 Å². The fraction of sp³-hybridized carbons (Fsp3) is 0.207. The van der Waals surface area contributed by atoms with Gasteiger partial charge in [-0.1, -0.05) is 18.2 Å². The molecule has 208 valence electrons. The van der Waals surface area contributed by atoms with Crippen molar-refractivity contribution < 1.29 is 19.1 Å². The molecule has 0 unspecified atom stereocenters. The number of primary amides is 1. The average Bonchev–Trinajstić information content (AvgIpc) is 3.67. The first-order valence-electron chi connectivity index (χ1n) is 12.8. The topological polar surface area (TPSA) is 169 Å². The van der Waals surface area contributed by atoms with E-state index in [9.17, 15) is 14.9 Å². The van der Waals surface area contributed by atoms with Gasteiger partial charge in [0.1, 0.15) is 28.7 Å². The van der Waals surface area contributed by atoms with Crippen LogP contribution in [0.15, 0.2) is 66.5 Å². The smallest absolute Gasteiger partial charge is 0.265 e. The number of carbonyl (C=O) groups excluding carboxylic acids is 2. The number of anilines is 4. The quantitative estimate of drug-likeness (QED) is 0.159. The highest BCUT2D eigenvalue weighted by atomic mass is 16.5. The van der Waals surface area contributed by atoms with Gasteiger partial charge in [-0.05, 0) is 36.5 Å². The highest BCUT2D eigenvalue weighted by Gasteiger charge is 2.22. The fourth-order valence-electron chi connectivity index (χ4n) is 4.24. The van der Waals surface area contributed by atoms with E-state index in [1.54, 1.807) is 47.1 Å².